The first kappa shape index (κ1) is 11.4. The molecule has 1 amide bonds. The second-order valence-electron chi connectivity index (χ2n) is 3.57. The third-order valence-electron chi connectivity index (χ3n) is 2.41. The Morgan fingerprint density at radius 1 is 1.43 bits per heavy atom. The predicted octanol–water partition coefficient (Wildman–Crippen LogP) is -1.40. The van der Waals surface area contributed by atoms with Gasteiger partial charge in [-0.3, -0.25) is 10.1 Å². The average Bonchev–Trinajstić information content (AvgIpc) is 2.40. The van der Waals surface area contributed by atoms with Crippen LogP contribution in [0.25, 0.3) is 0 Å². The second kappa shape index (κ2) is 5.95. The van der Waals surface area contributed by atoms with E-state index in [1.807, 2.05) is 0 Å². The quantitative estimate of drug-likeness (QED) is 0.452. The minimum Gasteiger partial charge on any atom is -0.395 e. The Balaban J connectivity index is 2.43. The van der Waals surface area contributed by atoms with Gasteiger partial charge < -0.3 is 15.5 Å². The number of carbonyl (C=O) groups is 1. The molecular weight excluding hydrogens is 184 g/mol. The van der Waals surface area contributed by atoms with Gasteiger partial charge in [0, 0.05) is 6.54 Å². The van der Waals surface area contributed by atoms with Crippen molar-refractivity contribution in [3.05, 3.63) is 0 Å². The normalized spacial score (nSPS) is 23.4. The number of carbonyl (C=O) groups excluding carboxylic acids is 1. The molecule has 0 spiro atoms. The van der Waals surface area contributed by atoms with E-state index in [4.69, 9.17) is 10.2 Å². The van der Waals surface area contributed by atoms with Gasteiger partial charge in [-0.1, -0.05) is 0 Å². The van der Waals surface area contributed by atoms with Crippen LogP contribution in [0.3, 0.4) is 0 Å². The summed E-state index contributed by atoms with van der Waals surface area (Å²) in [6.07, 6.45) is 2.75. The zero-order chi connectivity index (χ0) is 10.4. The van der Waals surface area contributed by atoms with Crippen LogP contribution in [-0.4, -0.2) is 48.0 Å². The van der Waals surface area contributed by atoms with E-state index >= 15 is 0 Å². The molecule has 0 aromatic heterocycles. The summed E-state index contributed by atoms with van der Waals surface area (Å²) in [5.74, 6) is -0.0330. The number of nitrogens with one attached hydrogen (secondary N) is 2. The van der Waals surface area contributed by atoms with Crippen molar-refractivity contribution in [3.8, 4) is 0 Å². The smallest absolute Gasteiger partial charge is 0.237 e. The van der Waals surface area contributed by atoms with Gasteiger partial charge in [-0.15, -0.1) is 0 Å². The number of aliphatic hydroxyl groups is 2. The van der Waals surface area contributed by atoms with Crippen molar-refractivity contribution in [2.24, 2.45) is 0 Å². The molecule has 0 aromatic carbocycles. The van der Waals surface area contributed by atoms with Crippen molar-refractivity contribution in [1.82, 2.24) is 10.6 Å². The molecule has 1 atom stereocenters. The number of amides is 1. The van der Waals surface area contributed by atoms with Gasteiger partial charge in [0.2, 0.25) is 5.91 Å². The molecule has 0 aliphatic carbocycles. The largest absolute Gasteiger partial charge is 0.395 e. The lowest BCUT2D eigenvalue weighted by Gasteiger charge is -2.20. The zero-order valence-electron chi connectivity index (χ0n) is 8.20. The Bertz CT molecular complexity index is 183. The van der Waals surface area contributed by atoms with Crippen molar-refractivity contribution in [2.75, 3.05) is 19.8 Å². The maximum atomic E-state index is 11.4. The van der Waals surface area contributed by atoms with Gasteiger partial charge in [0.15, 0.2) is 0 Å². The van der Waals surface area contributed by atoms with Gasteiger partial charge in [0.25, 0.3) is 0 Å². The van der Waals surface area contributed by atoms with E-state index in [1.54, 1.807) is 0 Å². The van der Waals surface area contributed by atoms with Crippen LogP contribution in [0.5, 0.6) is 0 Å². The number of rotatable bonds is 4. The van der Waals surface area contributed by atoms with Crippen molar-refractivity contribution < 1.29 is 15.0 Å². The van der Waals surface area contributed by atoms with Gasteiger partial charge in [0.1, 0.15) is 0 Å². The fraction of sp³-hybridized carbons (Fsp3) is 0.889. The van der Waals surface area contributed by atoms with Crippen molar-refractivity contribution in [3.63, 3.8) is 0 Å². The molecule has 4 N–H and O–H groups in total. The van der Waals surface area contributed by atoms with Crippen molar-refractivity contribution in [2.45, 2.75) is 31.3 Å². The molecule has 5 nitrogen and oxygen atoms in total. The third-order valence-corrected chi connectivity index (χ3v) is 2.41. The van der Waals surface area contributed by atoms with E-state index < -0.39 is 6.04 Å². The average molecular weight is 202 g/mol. The number of hydrogen-bond acceptors (Lipinski definition) is 4. The van der Waals surface area contributed by atoms with Crippen LogP contribution in [0.2, 0.25) is 0 Å². The molecule has 1 aliphatic rings. The lowest BCUT2D eigenvalue weighted by Crippen LogP contribution is -2.49. The SMILES string of the molecule is O=C1NCCCCC1NC(CO)CO. The van der Waals surface area contributed by atoms with E-state index in [0.717, 1.165) is 25.8 Å². The van der Waals surface area contributed by atoms with E-state index in [0.29, 0.717) is 0 Å². The summed E-state index contributed by atoms with van der Waals surface area (Å²) in [6, 6.07) is -0.675. The molecule has 14 heavy (non-hydrogen) atoms. The summed E-state index contributed by atoms with van der Waals surface area (Å²) in [7, 11) is 0. The van der Waals surface area contributed by atoms with Crippen LogP contribution in [0.15, 0.2) is 0 Å². The van der Waals surface area contributed by atoms with Crippen LogP contribution >= 0.6 is 0 Å². The van der Waals surface area contributed by atoms with E-state index in [-0.39, 0.29) is 25.2 Å². The summed E-state index contributed by atoms with van der Waals surface area (Å²) >= 11 is 0. The summed E-state index contributed by atoms with van der Waals surface area (Å²) in [4.78, 5) is 11.4. The number of aliphatic hydroxyl groups excluding tert-OH is 2. The molecule has 0 saturated carbocycles. The molecule has 5 heteroatoms. The molecule has 82 valence electrons. The van der Waals surface area contributed by atoms with Crippen molar-refractivity contribution in [1.29, 1.82) is 0 Å². The molecule has 1 heterocycles. The van der Waals surface area contributed by atoms with Crippen molar-refractivity contribution >= 4 is 5.91 Å². The molecule has 0 aromatic rings. The number of hydrogen-bond donors (Lipinski definition) is 4. The molecule has 1 unspecified atom stereocenters. The van der Waals surface area contributed by atoms with Gasteiger partial charge in [0.05, 0.1) is 25.3 Å². The minimum absolute atomic E-state index is 0.0330. The highest BCUT2D eigenvalue weighted by atomic mass is 16.3. The Morgan fingerprint density at radius 3 is 2.79 bits per heavy atom. The topological polar surface area (TPSA) is 81.6 Å². The monoisotopic (exact) mass is 202 g/mol. The van der Waals surface area contributed by atoms with Crippen LogP contribution < -0.4 is 10.6 Å². The maximum Gasteiger partial charge on any atom is 0.237 e. The fourth-order valence-electron chi connectivity index (χ4n) is 1.55. The van der Waals surface area contributed by atoms with Gasteiger partial charge >= 0.3 is 0 Å². The first-order chi connectivity index (χ1) is 6.77. The first-order valence-corrected chi connectivity index (χ1v) is 5.03. The molecule has 1 aliphatic heterocycles. The lowest BCUT2D eigenvalue weighted by atomic mass is 10.1. The Morgan fingerprint density at radius 2 is 2.14 bits per heavy atom. The molecular formula is C9H18N2O3. The lowest BCUT2D eigenvalue weighted by molar-refractivity contribution is -0.123. The first-order valence-electron chi connectivity index (χ1n) is 5.03. The Hall–Kier alpha value is -0.650. The van der Waals surface area contributed by atoms with Crippen LogP contribution in [0.4, 0.5) is 0 Å². The van der Waals surface area contributed by atoms with Gasteiger partial charge in [-0.2, -0.15) is 0 Å². The predicted molar refractivity (Wildman–Crippen MR) is 51.7 cm³/mol. The highest BCUT2D eigenvalue weighted by molar-refractivity contribution is 5.81. The fourth-order valence-corrected chi connectivity index (χ4v) is 1.55. The molecule has 0 bridgehead atoms. The zero-order valence-corrected chi connectivity index (χ0v) is 8.20. The molecule has 0 radical (unpaired) electrons. The van der Waals surface area contributed by atoms with Crippen LogP contribution in [0.1, 0.15) is 19.3 Å². The van der Waals surface area contributed by atoms with Crippen LogP contribution in [-0.2, 0) is 4.79 Å². The molecule has 1 saturated heterocycles. The van der Waals surface area contributed by atoms with Crippen LogP contribution in [0, 0.1) is 0 Å². The molecule has 1 fully saturated rings. The summed E-state index contributed by atoms with van der Waals surface area (Å²) in [6.45, 7) is 0.417. The van der Waals surface area contributed by atoms with E-state index in [9.17, 15) is 4.79 Å². The maximum absolute atomic E-state index is 11.4. The third kappa shape index (κ3) is 3.25. The standard InChI is InChI=1S/C9H18N2O3/c12-5-7(6-13)11-8-3-1-2-4-10-9(8)14/h7-8,11-13H,1-6H2,(H,10,14). The molecule has 1 rings (SSSR count). The minimum atomic E-state index is -0.399. The summed E-state index contributed by atoms with van der Waals surface area (Å²) < 4.78 is 0. The Kier molecular flexibility index (Phi) is 4.86. The summed E-state index contributed by atoms with van der Waals surface area (Å²) in [5, 5.41) is 23.4. The second-order valence-corrected chi connectivity index (χ2v) is 3.57. The van der Waals surface area contributed by atoms with Gasteiger partial charge in [-0.05, 0) is 19.3 Å². The van der Waals surface area contributed by atoms with E-state index in [1.165, 1.54) is 0 Å². The highest BCUT2D eigenvalue weighted by Crippen LogP contribution is 2.05. The van der Waals surface area contributed by atoms with E-state index in [2.05, 4.69) is 10.6 Å². The summed E-state index contributed by atoms with van der Waals surface area (Å²) in [5.41, 5.74) is 0. The Labute approximate surface area is 83.5 Å². The highest BCUT2D eigenvalue weighted by Gasteiger charge is 2.22. The van der Waals surface area contributed by atoms with Gasteiger partial charge in [-0.25, -0.2) is 0 Å².